The van der Waals surface area contributed by atoms with Gasteiger partial charge in [0.1, 0.15) is 0 Å². The van der Waals surface area contributed by atoms with Crippen LogP contribution in [0.1, 0.15) is 17.3 Å². The Morgan fingerprint density at radius 2 is 2.07 bits per heavy atom. The van der Waals surface area contributed by atoms with Crippen molar-refractivity contribution in [1.29, 1.82) is 0 Å². The zero-order chi connectivity index (χ0) is 11.6. The fraction of sp³-hybridized carbons (Fsp3) is 0.375. The highest BCUT2D eigenvalue weighted by molar-refractivity contribution is 7.98. The smallest absolute Gasteiger partial charge is 0.193 e. The molecule has 0 atom stereocenters. The summed E-state index contributed by atoms with van der Waals surface area (Å²) >= 11 is 1.22. The fourth-order valence-corrected chi connectivity index (χ4v) is 2.22. The molecule has 1 aromatic heterocycles. The average Bonchev–Trinajstić information content (AvgIpc) is 2.15. The summed E-state index contributed by atoms with van der Waals surface area (Å²) in [6, 6.07) is 0. The van der Waals surface area contributed by atoms with E-state index in [9.17, 15) is 13.2 Å². The van der Waals surface area contributed by atoms with E-state index in [0.29, 0.717) is 5.16 Å². The Kier molecular flexibility index (Phi) is 3.46. The largest absolute Gasteiger partial charge is 0.294 e. The quantitative estimate of drug-likeness (QED) is 0.340. The van der Waals surface area contributed by atoms with Crippen molar-refractivity contribution < 1.29 is 13.2 Å². The van der Waals surface area contributed by atoms with E-state index in [1.54, 1.807) is 6.26 Å². The highest BCUT2D eigenvalue weighted by atomic mass is 32.2. The summed E-state index contributed by atoms with van der Waals surface area (Å²) in [7, 11) is -3.50. The van der Waals surface area contributed by atoms with Crippen molar-refractivity contribution in [2.24, 2.45) is 0 Å². The Balaban J connectivity index is 3.50. The van der Waals surface area contributed by atoms with Gasteiger partial charge in [-0.15, -0.1) is 0 Å². The summed E-state index contributed by atoms with van der Waals surface area (Å²) in [4.78, 5) is 18.8. The van der Waals surface area contributed by atoms with Gasteiger partial charge in [0.05, 0.1) is 5.56 Å². The molecule has 0 aliphatic carbocycles. The van der Waals surface area contributed by atoms with Crippen LogP contribution in [0.2, 0.25) is 0 Å². The topological polar surface area (TPSA) is 77.0 Å². The molecule has 0 bridgehead atoms. The van der Waals surface area contributed by atoms with Gasteiger partial charge in [-0.05, 0) is 13.2 Å². The van der Waals surface area contributed by atoms with Crippen LogP contribution in [-0.4, -0.2) is 36.7 Å². The van der Waals surface area contributed by atoms with E-state index in [4.69, 9.17) is 0 Å². The minimum atomic E-state index is -3.50. The molecule has 0 saturated heterocycles. The number of thioether (sulfide) groups is 1. The maximum atomic E-state index is 11.4. The first-order chi connectivity index (χ1) is 6.86. The van der Waals surface area contributed by atoms with E-state index in [0.717, 1.165) is 6.26 Å². The van der Waals surface area contributed by atoms with Crippen LogP contribution in [0.25, 0.3) is 0 Å². The highest BCUT2D eigenvalue weighted by Gasteiger charge is 2.19. The molecule has 7 heteroatoms. The number of ketones is 1. The van der Waals surface area contributed by atoms with Crippen LogP contribution >= 0.6 is 11.8 Å². The normalized spacial score (nSPS) is 11.4. The maximum Gasteiger partial charge on any atom is 0.193 e. The Morgan fingerprint density at radius 1 is 1.47 bits per heavy atom. The molecule has 0 saturated carbocycles. The summed E-state index contributed by atoms with van der Waals surface area (Å²) < 4.78 is 22.7. The molecule has 0 aliphatic heterocycles. The lowest BCUT2D eigenvalue weighted by atomic mass is 10.2. The number of nitrogens with zero attached hydrogens (tertiary/aromatic N) is 2. The molecule has 0 aromatic carbocycles. The predicted octanol–water partition coefficient (Wildman–Crippen LogP) is 0.805. The number of hydrogen-bond acceptors (Lipinski definition) is 6. The van der Waals surface area contributed by atoms with Crippen molar-refractivity contribution in [1.82, 2.24) is 9.97 Å². The number of hydrogen-bond donors (Lipinski definition) is 0. The maximum absolute atomic E-state index is 11.4. The van der Waals surface area contributed by atoms with Crippen LogP contribution in [-0.2, 0) is 9.84 Å². The third-order valence-electron chi connectivity index (χ3n) is 1.64. The number of aromatic nitrogens is 2. The Bertz CT molecular complexity index is 497. The van der Waals surface area contributed by atoms with Crippen LogP contribution in [0.4, 0.5) is 0 Å². The van der Waals surface area contributed by atoms with Gasteiger partial charge in [-0.25, -0.2) is 18.4 Å². The van der Waals surface area contributed by atoms with Crippen LogP contribution in [0.3, 0.4) is 0 Å². The number of sulfone groups is 1. The van der Waals surface area contributed by atoms with Gasteiger partial charge in [-0.2, -0.15) is 0 Å². The SMILES string of the molecule is CSc1ncc(C(C)=O)c(S(C)(=O)=O)n1. The van der Waals surface area contributed by atoms with Crippen LogP contribution in [0.5, 0.6) is 0 Å². The third kappa shape index (κ3) is 2.75. The summed E-state index contributed by atoms with van der Waals surface area (Å²) in [5, 5.41) is 0.134. The summed E-state index contributed by atoms with van der Waals surface area (Å²) in [5.41, 5.74) is 0.0373. The molecule has 0 amide bonds. The first-order valence-corrected chi connectivity index (χ1v) is 7.10. The Hall–Kier alpha value is -0.950. The molecule has 1 aromatic rings. The lowest BCUT2D eigenvalue weighted by Gasteiger charge is -2.04. The standard InChI is InChI=1S/C8H10N2O3S2/c1-5(11)6-4-9-8(14-2)10-7(6)15(3,12)13/h4H,1-3H3. The summed E-state index contributed by atoms with van der Waals surface area (Å²) in [5.74, 6) is -0.358. The average molecular weight is 246 g/mol. The van der Waals surface area contributed by atoms with Gasteiger partial charge in [-0.1, -0.05) is 11.8 Å². The highest BCUT2D eigenvalue weighted by Crippen LogP contribution is 2.16. The first kappa shape index (κ1) is 12.1. The second-order valence-electron chi connectivity index (χ2n) is 2.90. The van der Waals surface area contributed by atoms with Gasteiger partial charge in [-0.3, -0.25) is 4.79 Å². The number of rotatable bonds is 3. The Labute approximate surface area is 92.2 Å². The van der Waals surface area contributed by atoms with Crippen molar-refractivity contribution in [3.05, 3.63) is 11.8 Å². The van der Waals surface area contributed by atoms with Crippen molar-refractivity contribution in [3.63, 3.8) is 0 Å². The molecule has 1 heterocycles. The van der Waals surface area contributed by atoms with E-state index in [2.05, 4.69) is 9.97 Å². The second-order valence-corrected chi connectivity index (χ2v) is 5.61. The van der Waals surface area contributed by atoms with Gasteiger partial charge in [0.25, 0.3) is 0 Å². The molecular formula is C8H10N2O3S2. The van der Waals surface area contributed by atoms with Gasteiger partial charge < -0.3 is 0 Å². The van der Waals surface area contributed by atoms with Crippen molar-refractivity contribution >= 4 is 27.4 Å². The molecular weight excluding hydrogens is 236 g/mol. The Morgan fingerprint density at radius 3 is 2.47 bits per heavy atom. The second kappa shape index (κ2) is 4.28. The zero-order valence-electron chi connectivity index (χ0n) is 8.51. The van der Waals surface area contributed by atoms with Gasteiger partial charge >= 0.3 is 0 Å². The van der Waals surface area contributed by atoms with Crippen LogP contribution in [0, 0.1) is 0 Å². The molecule has 5 nitrogen and oxygen atoms in total. The molecule has 0 spiro atoms. The van der Waals surface area contributed by atoms with Crippen LogP contribution < -0.4 is 0 Å². The minimum absolute atomic E-state index is 0.0373. The lowest BCUT2D eigenvalue weighted by Crippen LogP contribution is -2.10. The fourth-order valence-electron chi connectivity index (χ4n) is 0.973. The van der Waals surface area contributed by atoms with E-state index < -0.39 is 9.84 Å². The summed E-state index contributed by atoms with van der Waals surface area (Å²) in [6.07, 6.45) is 4.00. The molecule has 15 heavy (non-hydrogen) atoms. The van der Waals surface area contributed by atoms with Gasteiger partial charge in [0, 0.05) is 12.5 Å². The monoisotopic (exact) mass is 246 g/mol. The number of carbonyl (C=O) groups excluding carboxylic acids is 1. The molecule has 1 rings (SSSR count). The summed E-state index contributed by atoms with van der Waals surface area (Å²) in [6.45, 7) is 1.28. The molecule has 0 N–H and O–H groups in total. The molecule has 0 radical (unpaired) electrons. The van der Waals surface area contributed by atoms with Crippen molar-refractivity contribution in [3.8, 4) is 0 Å². The lowest BCUT2D eigenvalue weighted by molar-refractivity contribution is 0.101. The first-order valence-electron chi connectivity index (χ1n) is 3.98. The molecule has 0 aliphatic rings. The van der Waals surface area contributed by atoms with E-state index >= 15 is 0 Å². The third-order valence-corrected chi connectivity index (χ3v) is 3.22. The number of carbonyl (C=O) groups is 1. The predicted molar refractivity (Wildman–Crippen MR) is 56.9 cm³/mol. The van der Waals surface area contributed by atoms with E-state index in [-0.39, 0.29) is 16.4 Å². The number of Topliss-reactive ketones (excluding diaryl/α,β-unsaturated/α-hetero) is 1. The molecule has 82 valence electrons. The van der Waals surface area contributed by atoms with Gasteiger partial charge in [0.15, 0.2) is 25.8 Å². The van der Waals surface area contributed by atoms with E-state index in [1.165, 1.54) is 24.9 Å². The molecule has 0 fully saturated rings. The minimum Gasteiger partial charge on any atom is -0.294 e. The van der Waals surface area contributed by atoms with E-state index in [1.807, 2.05) is 0 Å². The van der Waals surface area contributed by atoms with Crippen molar-refractivity contribution in [2.75, 3.05) is 12.5 Å². The van der Waals surface area contributed by atoms with Crippen LogP contribution in [0.15, 0.2) is 16.4 Å². The van der Waals surface area contributed by atoms with Crippen molar-refractivity contribution in [2.45, 2.75) is 17.1 Å². The molecule has 0 unspecified atom stereocenters. The zero-order valence-corrected chi connectivity index (χ0v) is 10.1. The van der Waals surface area contributed by atoms with Gasteiger partial charge in [0.2, 0.25) is 0 Å².